The fourth-order valence-corrected chi connectivity index (χ4v) is 2.91. The van der Waals surface area contributed by atoms with Gasteiger partial charge in [0.15, 0.2) is 5.78 Å². The van der Waals surface area contributed by atoms with Crippen molar-refractivity contribution in [3.8, 4) is 28.4 Å². The van der Waals surface area contributed by atoms with Crippen molar-refractivity contribution in [3.63, 3.8) is 0 Å². The highest BCUT2D eigenvalue weighted by Crippen LogP contribution is 2.46. The molecular formula is C17H19NO6S. The van der Waals surface area contributed by atoms with Crippen molar-refractivity contribution < 1.29 is 27.8 Å². The molecule has 2 aromatic rings. The maximum Gasteiger partial charge on any atom is 0.259 e. The lowest BCUT2D eigenvalue weighted by Gasteiger charge is -2.19. The molecule has 0 saturated carbocycles. The Balaban J connectivity index is 2.77. The Kier molecular flexibility index (Phi) is 6.00. The highest BCUT2D eigenvalue weighted by atomic mass is 32.2. The Morgan fingerprint density at radius 3 is 2.28 bits per heavy atom. The quantitative estimate of drug-likeness (QED) is 0.578. The van der Waals surface area contributed by atoms with Crippen LogP contribution in [0.15, 0.2) is 30.3 Å². The number of ketones is 1. The highest BCUT2D eigenvalue weighted by Gasteiger charge is 2.24. The summed E-state index contributed by atoms with van der Waals surface area (Å²) in [4.78, 5) is 12.1. The van der Waals surface area contributed by atoms with Gasteiger partial charge in [-0.2, -0.15) is 0 Å². The summed E-state index contributed by atoms with van der Waals surface area (Å²) in [6, 6.07) is 8.40. The summed E-state index contributed by atoms with van der Waals surface area (Å²) in [5, 5.41) is 0. The molecular weight excluding hydrogens is 346 g/mol. The molecule has 0 aromatic heterocycles. The summed E-state index contributed by atoms with van der Waals surface area (Å²) in [7, 11) is 4.41. The van der Waals surface area contributed by atoms with Crippen LogP contribution in [-0.4, -0.2) is 35.9 Å². The van der Waals surface area contributed by atoms with Crippen LogP contribution in [-0.2, 0) is 11.3 Å². The zero-order chi connectivity index (χ0) is 18.6. The van der Waals surface area contributed by atoms with Crippen molar-refractivity contribution in [1.29, 1.82) is 0 Å². The highest BCUT2D eigenvalue weighted by molar-refractivity contribution is 7.80. The van der Waals surface area contributed by atoms with E-state index >= 15 is 0 Å². The number of Topliss-reactive ketones (excluding diaryl/α,β-unsaturated/α-hetero) is 1. The van der Waals surface area contributed by atoms with Crippen LogP contribution < -0.4 is 18.9 Å². The first kappa shape index (κ1) is 18.8. The van der Waals surface area contributed by atoms with E-state index in [1.807, 2.05) is 0 Å². The molecule has 0 bridgehead atoms. The molecule has 7 nitrogen and oxygen atoms in total. The Bertz CT molecular complexity index is 821. The number of carbonyl (C=O) groups excluding carboxylic acids is 1. The van der Waals surface area contributed by atoms with E-state index in [2.05, 4.69) is 4.72 Å². The summed E-state index contributed by atoms with van der Waals surface area (Å²) in [5.41, 5.74) is 1.92. The molecule has 0 aliphatic heterocycles. The first-order valence-corrected chi connectivity index (χ1v) is 8.35. The van der Waals surface area contributed by atoms with Gasteiger partial charge in [-0.3, -0.25) is 14.1 Å². The Morgan fingerprint density at radius 1 is 1.08 bits per heavy atom. The molecule has 8 heteroatoms. The largest absolute Gasteiger partial charge is 0.496 e. The second-order valence-corrected chi connectivity index (χ2v) is 5.75. The van der Waals surface area contributed by atoms with Crippen LogP contribution in [0.3, 0.4) is 0 Å². The van der Waals surface area contributed by atoms with E-state index in [0.717, 1.165) is 0 Å². The number of benzene rings is 2. The topological polar surface area (TPSA) is 94.1 Å². The van der Waals surface area contributed by atoms with Crippen molar-refractivity contribution in [3.05, 3.63) is 35.9 Å². The molecule has 0 fully saturated rings. The number of rotatable bonds is 7. The molecule has 2 rings (SSSR count). The molecule has 134 valence electrons. The molecule has 0 aliphatic carbocycles. The normalized spacial score (nSPS) is 11.6. The average Bonchev–Trinajstić information content (AvgIpc) is 2.59. The molecule has 2 aromatic carbocycles. The zero-order valence-corrected chi connectivity index (χ0v) is 15.1. The van der Waals surface area contributed by atoms with Gasteiger partial charge < -0.3 is 14.2 Å². The van der Waals surface area contributed by atoms with E-state index in [4.69, 9.17) is 18.8 Å². The first-order chi connectivity index (χ1) is 11.9. The number of carbonyl (C=O) groups is 1. The molecule has 0 saturated heterocycles. The third-order valence-corrected chi connectivity index (χ3v) is 3.97. The summed E-state index contributed by atoms with van der Waals surface area (Å²) in [6.07, 6.45) is 0. The fourth-order valence-electron chi connectivity index (χ4n) is 2.58. The van der Waals surface area contributed by atoms with Gasteiger partial charge >= 0.3 is 0 Å². The van der Waals surface area contributed by atoms with E-state index < -0.39 is 11.3 Å². The maximum absolute atomic E-state index is 12.1. The SMILES string of the molecule is COc1cc(OC)c(-c2cccc(NS(=O)O)c2)c(OC)c1C(C)=O. The standard InChI is InChI=1S/C17H19NO6S/c1-10(19)15-13(22-2)9-14(23-3)16(17(15)24-4)11-6-5-7-12(8-11)18-25(20)21/h5-9,18H,1-4H3,(H,20,21). The minimum absolute atomic E-state index is 0.219. The van der Waals surface area contributed by atoms with Gasteiger partial charge in [-0.15, -0.1) is 0 Å². The van der Waals surface area contributed by atoms with Crippen molar-refractivity contribution in [2.75, 3.05) is 26.1 Å². The molecule has 2 N–H and O–H groups in total. The minimum atomic E-state index is -2.20. The van der Waals surface area contributed by atoms with Gasteiger partial charge in [-0.25, -0.2) is 4.21 Å². The van der Waals surface area contributed by atoms with Crippen molar-refractivity contribution in [1.82, 2.24) is 0 Å². The number of nitrogens with one attached hydrogen (secondary N) is 1. The van der Waals surface area contributed by atoms with Crippen LogP contribution in [0.4, 0.5) is 5.69 Å². The summed E-state index contributed by atoms with van der Waals surface area (Å²) < 4.78 is 38.6. The van der Waals surface area contributed by atoms with E-state index in [9.17, 15) is 9.00 Å². The lowest BCUT2D eigenvalue weighted by Crippen LogP contribution is -2.05. The second-order valence-electron chi connectivity index (χ2n) is 5.05. The number of methoxy groups -OCH3 is 3. The van der Waals surface area contributed by atoms with E-state index in [0.29, 0.717) is 39.6 Å². The van der Waals surface area contributed by atoms with Crippen LogP contribution in [0.1, 0.15) is 17.3 Å². The maximum atomic E-state index is 12.1. The predicted octanol–water partition coefficient (Wildman–Crippen LogP) is 3.13. The molecule has 0 aliphatic rings. The second kappa shape index (κ2) is 8.00. The van der Waals surface area contributed by atoms with Gasteiger partial charge in [-0.1, -0.05) is 12.1 Å². The van der Waals surface area contributed by atoms with Gasteiger partial charge in [0.2, 0.25) is 0 Å². The van der Waals surface area contributed by atoms with Crippen molar-refractivity contribution in [2.24, 2.45) is 0 Å². The van der Waals surface area contributed by atoms with Crippen molar-refractivity contribution >= 4 is 22.7 Å². The van der Waals surface area contributed by atoms with E-state index in [1.165, 1.54) is 28.3 Å². The number of ether oxygens (including phenoxy) is 3. The first-order valence-electron chi connectivity index (χ1n) is 7.24. The fraction of sp³-hybridized carbons (Fsp3) is 0.235. The van der Waals surface area contributed by atoms with Crippen LogP contribution in [0, 0.1) is 0 Å². The van der Waals surface area contributed by atoms with Gasteiger partial charge in [0.1, 0.15) is 22.8 Å². The van der Waals surface area contributed by atoms with Crippen LogP contribution in [0.2, 0.25) is 0 Å². The predicted molar refractivity (Wildman–Crippen MR) is 95.9 cm³/mol. The molecule has 25 heavy (non-hydrogen) atoms. The molecule has 1 unspecified atom stereocenters. The number of hydrogen-bond acceptors (Lipinski definition) is 5. The van der Waals surface area contributed by atoms with Crippen LogP contribution in [0.5, 0.6) is 17.2 Å². The van der Waals surface area contributed by atoms with Crippen molar-refractivity contribution in [2.45, 2.75) is 6.92 Å². The average molecular weight is 365 g/mol. The van der Waals surface area contributed by atoms with Gasteiger partial charge in [0.05, 0.1) is 26.9 Å². The monoisotopic (exact) mass is 365 g/mol. The van der Waals surface area contributed by atoms with Gasteiger partial charge in [-0.05, 0) is 24.6 Å². The van der Waals surface area contributed by atoms with Crippen LogP contribution >= 0.6 is 0 Å². The molecule has 0 radical (unpaired) electrons. The summed E-state index contributed by atoms with van der Waals surface area (Å²) in [5.74, 6) is 0.881. The van der Waals surface area contributed by atoms with E-state index in [-0.39, 0.29) is 5.78 Å². The number of hydrogen-bond donors (Lipinski definition) is 2. The summed E-state index contributed by atoms with van der Waals surface area (Å²) >= 11 is -2.20. The van der Waals surface area contributed by atoms with Crippen LogP contribution in [0.25, 0.3) is 11.1 Å². The van der Waals surface area contributed by atoms with Gasteiger partial charge in [0, 0.05) is 11.8 Å². The third kappa shape index (κ3) is 3.92. The van der Waals surface area contributed by atoms with Gasteiger partial charge in [0.25, 0.3) is 11.3 Å². The zero-order valence-electron chi connectivity index (χ0n) is 14.3. The lowest BCUT2D eigenvalue weighted by molar-refractivity contribution is 0.101. The lowest BCUT2D eigenvalue weighted by atomic mass is 9.97. The Labute approximate surface area is 148 Å². The summed E-state index contributed by atoms with van der Waals surface area (Å²) in [6.45, 7) is 1.42. The third-order valence-electron chi connectivity index (χ3n) is 3.56. The number of anilines is 1. The smallest absolute Gasteiger partial charge is 0.259 e. The minimum Gasteiger partial charge on any atom is -0.496 e. The molecule has 0 spiro atoms. The molecule has 0 amide bonds. The Hall–Kier alpha value is -2.58. The van der Waals surface area contributed by atoms with E-state index in [1.54, 1.807) is 30.3 Å². The molecule has 0 heterocycles. The molecule has 1 atom stereocenters. The Morgan fingerprint density at radius 2 is 1.76 bits per heavy atom.